The Hall–Kier alpha value is -1.09. The van der Waals surface area contributed by atoms with Gasteiger partial charge in [-0.05, 0) is 24.3 Å². The van der Waals surface area contributed by atoms with Gasteiger partial charge in [0.2, 0.25) is 0 Å². The number of benzene rings is 1. The van der Waals surface area contributed by atoms with Crippen LogP contribution >= 0.6 is 24.0 Å². The monoisotopic (exact) mass is 503 g/mol. The Balaban J connectivity index is 0.00000261. The van der Waals surface area contributed by atoms with E-state index in [0.717, 1.165) is 31.9 Å². The minimum absolute atomic E-state index is 0. The summed E-state index contributed by atoms with van der Waals surface area (Å²) in [4.78, 5) is 7.06. The quantitative estimate of drug-likeness (QED) is 0.291. The summed E-state index contributed by atoms with van der Waals surface area (Å²) in [5.74, 6) is 1.59. The maximum Gasteiger partial charge on any atom is 0.194 e. The van der Waals surface area contributed by atoms with E-state index < -0.39 is 9.84 Å². The molecule has 1 N–H and O–H groups in total. The molecule has 0 bridgehead atoms. The molecule has 7 heteroatoms. The average Bonchev–Trinajstić information content (AvgIpc) is 3.19. The fraction of sp³-hybridized carbons (Fsp3) is 0.550. The number of hydrogen-bond acceptors (Lipinski definition) is 3. The first-order valence-corrected chi connectivity index (χ1v) is 11.1. The van der Waals surface area contributed by atoms with Crippen LogP contribution < -0.4 is 5.32 Å². The third-order valence-electron chi connectivity index (χ3n) is 5.47. The maximum absolute atomic E-state index is 11.7. The molecule has 150 valence electrons. The fourth-order valence-electron chi connectivity index (χ4n) is 3.88. The summed E-state index contributed by atoms with van der Waals surface area (Å²) in [6.45, 7) is 9.15. The number of guanidine groups is 1. The topological polar surface area (TPSA) is 61.8 Å². The van der Waals surface area contributed by atoms with Gasteiger partial charge in [-0.15, -0.1) is 30.6 Å². The first-order chi connectivity index (χ1) is 12.4. The van der Waals surface area contributed by atoms with E-state index in [0.29, 0.717) is 18.8 Å². The first kappa shape index (κ1) is 22.2. The van der Waals surface area contributed by atoms with Crippen LogP contribution in [0.25, 0.3) is 0 Å². The molecule has 0 amide bonds. The van der Waals surface area contributed by atoms with E-state index in [1.807, 2.05) is 12.1 Å². The SMILES string of the molecule is C=CCNC(=NCC1CCS(=O)(=O)C1)N1CCC(C)(c2ccccc2)C1.I. The average molecular weight is 503 g/mol. The second-order valence-electron chi connectivity index (χ2n) is 7.70. The molecule has 2 aliphatic rings. The van der Waals surface area contributed by atoms with Gasteiger partial charge in [0.25, 0.3) is 0 Å². The van der Waals surface area contributed by atoms with Gasteiger partial charge < -0.3 is 10.2 Å². The third-order valence-corrected chi connectivity index (χ3v) is 7.31. The molecule has 2 unspecified atom stereocenters. The lowest BCUT2D eigenvalue weighted by Gasteiger charge is -2.27. The molecule has 0 spiro atoms. The lowest BCUT2D eigenvalue weighted by molar-refractivity contribution is 0.437. The summed E-state index contributed by atoms with van der Waals surface area (Å²) in [5, 5.41) is 3.35. The van der Waals surface area contributed by atoms with Crippen molar-refractivity contribution in [2.45, 2.75) is 25.2 Å². The predicted molar refractivity (Wildman–Crippen MR) is 123 cm³/mol. The van der Waals surface area contributed by atoms with Crippen LogP contribution in [0.15, 0.2) is 48.0 Å². The van der Waals surface area contributed by atoms with Crippen LogP contribution in [0.5, 0.6) is 0 Å². The molecule has 2 heterocycles. The Labute approximate surface area is 180 Å². The van der Waals surface area contributed by atoms with E-state index in [9.17, 15) is 8.42 Å². The molecule has 0 radical (unpaired) electrons. The molecule has 2 fully saturated rings. The Morgan fingerprint density at radius 1 is 1.41 bits per heavy atom. The zero-order valence-electron chi connectivity index (χ0n) is 15.9. The number of aliphatic imine (C=N–C) groups is 1. The minimum atomic E-state index is -2.85. The summed E-state index contributed by atoms with van der Waals surface area (Å²) in [7, 11) is -2.85. The van der Waals surface area contributed by atoms with Gasteiger partial charge in [0.1, 0.15) is 0 Å². The molecule has 0 aliphatic carbocycles. The highest BCUT2D eigenvalue weighted by molar-refractivity contribution is 14.0. The van der Waals surface area contributed by atoms with E-state index in [-0.39, 0.29) is 41.1 Å². The highest BCUT2D eigenvalue weighted by Gasteiger charge is 2.36. The minimum Gasteiger partial charge on any atom is -0.353 e. The van der Waals surface area contributed by atoms with Crippen LogP contribution in [0.1, 0.15) is 25.3 Å². The van der Waals surface area contributed by atoms with Crippen molar-refractivity contribution in [1.82, 2.24) is 10.2 Å². The van der Waals surface area contributed by atoms with Crippen LogP contribution in [0.3, 0.4) is 0 Å². The van der Waals surface area contributed by atoms with Gasteiger partial charge in [-0.3, -0.25) is 4.99 Å². The second kappa shape index (κ2) is 9.41. The maximum atomic E-state index is 11.7. The smallest absolute Gasteiger partial charge is 0.194 e. The summed E-state index contributed by atoms with van der Waals surface area (Å²) < 4.78 is 23.3. The van der Waals surface area contributed by atoms with Crippen molar-refractivity contribution in [3.8, 4) is 0 Å². The van der Waals surface area contributed by atoms with Gasteiger partial charge in [-0.1, -0.05) is 43.3 Å². The van der Waals surface area contributed by atoms with Crippen molar-refractivity contribution in [2.24, 2.45) is 10.9 Å². The van der Waals surface area contributed by atoms with E-state index >= 15 is 0 Å². The van der Waals surface area contributed by atoms with Crippen LogP contribution in [0.4, 0.5) is 0 Å². The number of sulfone groups is 1. The van der Waals surface area contributed by atoms with Crippen molar-refractivity contribution in [3.63, 3.8) is 0 Å². The van der Waals surface area contributed by atoms with Crippen LogP contribution in [-0.2, 0) is 15.3 Å². The van der Waals surface area contributed by atoms with E-state index in [2.05, 4.69) is 48.0 Å². The van der Waals surface area contributed by atoms with Gasteiger partial charge in [-0.25, -0.2) is 8.42 Å². The van der Waals surface area contributed by atoms with Crippen LogP contribution in [0, 0.1) is 5.92 Å². The standard InChI is InChI=1S/C20H29N3O2S.HI/c1-3-11-21-19(22-14-17-9-13-26(24,25)15-17)23-12-10-20(2,16-23)18-7-5-4-6-8-18;/h3-8,17H,1,9-16H2,2H3,(H,21,22);1H. The molecular weight excluding hydrogens is 473 g/mol. The Morgan fingerprint density at radius 2 is 2.15 bits per heavy atom. The molecule has 1 aromatic carbocycles. The van der Waals surface area contributed by atoms with Crippen molar-refractivity contribution < 1.29 is 8.42 Å². The number of hydrogen-bond donors (Lipinski definition) is 1. The van der Waals surface area contributed by atoms with Crippen LogP contribution in [-0.4, -0.2) is 57.0 Å². The predicted octanol–water partition coefficient (Wildman–Crippen LogP) is 2.83. The highest BCUT2D eigenvalue weighted by atomic mass is 127. The number of nitrogens with zero attached hydrogens (tertiary/aromatic N) is 2. The van der Waals surface area contributed by atoms with Crippen molar-refractivity contribution >= 4 is 39.8 Å². The fourth-order valence-corrected chi connectivity index (χ4v) is 5.73. The zero-order chi connectivity index (χ0) is 18.6. The summed E-state index contributed by atoms with van der Waals surface area (Å²) in [6, 6.07) is 10.6. The molecule has 3 rings (SSSR count). The van der Waals surface area contributed by atoms with Crippen molar-refractivity contribution in [1.29, 1.82) is 0 Å². The molecule has 1 aromatic rings. The first-order valence-electron chi connectivity index (χ1n) is 9.32. The molecule has 27 heavy (non-hydrogen) atoms. The number of halogens is 1. The Morgan fingerprint density at radius 3 is 2.78 bits per heavy atom. The third kappa shape index (κ3) is 5.70. The normalized spacial score (nSPS) is 27.2. The molecular formula is C20H30IN3O2S. The molecule has 5 nitrogen and oxygen atoms in total. The second-order valence-corrected chi connectivity index (χ2v) is 9.93. The lowest BCUT2D eigenvalue weighted by Crippen LogP contribution is -2.42. The summed E-state index contributed by atoms with van der Waals surface area (Å²) in [5.41, 5.74) is 1.46. The molecule has 2 saturated heterocycles. The van der Waals surface area contributed by atoms with Crippen molar-refractivity contribution in [2.75, 3.05) is 37.7 Å². The highest BCUT2D eigenvalue weighted by Crippen LogP contribution is 2.34. The van der Waals surface area contributed by atoms with Gasteiger partial charge in [0.05, 0.1) is 11.5 Å². The van der Waals surface area contributed by atoms with Crippen molar-refractivity contribution in [3.05, 3.63) is 48.6 Å². The van der Waals surface area contributed by atoms with Gasteiger partial charge in [0.15, 0.2) is 15.8 Å². The zero-order valence-corrected chi connectivity index (χ0v) is 19.1. The number of nitrogens with one attached hydrogen (secondary N) is 1. The molecule has 2 atom stereocenters. The molecule has 0 aromatic heterocycles. The summed E-state index contributed by atoms with van der Waals surface area (Å²) in [6.07, 6.45) is 3.62. The molecule has 0 saturated carbocycles. The number of rotatable bonds is 5. The van der Waals surface area contributed by atoms with Crippen LogP contribution in [0.2, 0.25) is 0 Å². The number of likely N-dealkylation sites (tertiary alicyclic amines) is 1. The molecule has 2 aliphatic heterocycles. The van der Waals surface area contributed by atoms with Gasteiger partial charge in [-0.2, -0.15) is 0 Å². The summed E-state index contributed by atoms with van der Waals surface area (Å²) >= 11 is 0. The lowest BCUT2D eigenvalue weighted by atomic mass is 9.82. The largest absolute Gasteiger partial charge is 0.353 e. The van der Waals surface area contributed by atoms with E-state index in [1.165, 1.54) is 5.56 Å². The Bertz CT molecular complexity index is 767. The van der Waals surface area contributed by atoms with E-state index in [1.54, 1.807) is 0 Å². The van der Waals surface area contributed by atoms with E-state index in [4.69, 9.17) is 4.99 Å². The van der Waals surface area contributed by atoms with Gasteiger partial charge in [0, 0.05) is 31.6 Å². The Kier molecular flexibility index (Phi) is 7.73. The van der Waals surface area contributed by atoms with Gasteiger partial charge >= 0.3 is 0 Å².